The first-order chi connectivity index (χ1) is 8.15. The summed E-state index contributed by atoms with van der Waals surface area (Å²) in [6.45, 7) is 5.29. The molecule has 17 heavy (non-hydrogen) atoms. The van der Waals surface area contributed by atoms with Crippen LogP contribution in [0.2, 0.25) is 0 Å². The van der Waals surface area contributed by atoms with Gasteiger partial charge in [0.15, 0.2) is 0 Å². The van der Waals surface area contributed by atoms with Gasteiger partial charge in [0.1, 0.15) is 6.61 Å². The van der Waals surface area contributed by atoms with Gasteiger partial charge in [-0.15, -0.1) is 0 Å². The number of esters is 1. The van der Waals surface area contributed by atoms with E-state index in [1.54, 1.807) is 12.1 Å². The Kier molecular flexibility index (Phi) is 5.49. The van der Waals surface area contributed by atoms with Crippen molar-refractivity contribution in [1.29, 1.82) is 0 Å². The summed E-state index contributed by atoms with van der Waals surface area (Å²) in [4.78, 5) is 11.7. The molecular formula is C13H19NO3. The molecule has 1 rings (SSSR count). The number of rotatable bonds is 6. The number of ether oxygens (including phenoxy) is 2. The van der Waals surface area contributed by atoms with Crippen LogP contribution in [0.5, 0.6) is 0 Å². The lowest BCUT2D eigenvalue weighted by atomic mass is 10.1. The van der Waals surface area contributed by atoms with Crippen molar-refractivity contribution in [1.82, 2.24) is 0 Å². The van der Waals surface area contributed by atoms with Crippen molar-refractivity contribution in [2.45, 2.75) is 20.3 Å². The van der Waals surface area contributed by atoms with E-state index in [9.17, 15) is 4.79 Å². The van der Waals surface area contributed by atoms with Gasteiger partial charge < -0.3 is 15.2 Å². The predicted octanol–water partition coefficient (Wildman–Crippen LogP) is 2.16. The second-order valence-corrected chi connectivity index (χ2v) is 3.84. The average molecular weight is 237 g/mol. The summed E-state index contributed by atoms with van der Waals surface area (Å²) in [6, 6.07) is 5.29. The third-order valence-electron chi connectivity index (χ3n) is 2.24. The van der Waals surface area contributed by atoms with E-state index in [0.29, 0.717) is 24.5 Å². The van der Waals surface area contributed by atoms with E-state index < -0.39 is 5.97 Å². The Bertz CT molecular complexity index is 377. The third kappa shape index (κ3) is 4.44. The van der Waals surface area contributed by atoms with Gasteiger partial charge in [-0.1, -0.05) is 18.6 Å². The Morgan fingerprint density at radius 3 is 2.76 bits per heavy atom. The highest BCUT2D eigenvalue weighted by atomic mass is 16.6. The molecule has 0 aliphatic carbocycles. The SMILES string of the molecule is CCCOCCOC(=O)c1cc(C)ccc1N. The molecule has 0 fully saturated rings. The summed E-state index contributed by atoms with van der Waals surface area (Å²) >= 11 is 0. The largest absolute Gasteiger partial charge is 0.460 e. The lowest BCUT2D eigenvalue weighted by Gasteiger charge is -2.08. The first-order valence-electron chi connectivity index (χ1n) is 5.76. The summed E-state index contributed by atoms with van der Waals surface area (Å²) in [5.41, 5.74) is 7.55. The molecule has 0 heterocycles. The van der Waals surface area contributed by atoms with Crippen molar-refractivity contribution >= 4 is 11.7 Å². The van der Waals surface area contributed by atoms with Crippen molar-refractivity contribution in [3.63, 3.8) is 0 Å². The second kappa shape index (κ2) is 6.91. The molecule has 0 aliphatic rings. The Balaban J connectivity index is 2.44. The van der Waals surface area contributed by atoms with Gasteiger partial charge in [-0.3, -0.25) is 0 Å². The number of carbonyl (C=O) groups is 1. The Morgan fingerprint density at radius 2 is 2.06 bits per heavy atom. The lowest BCUT2D eigenvalue weighted by Crippen LogP contribution is -2.13. The maximum atomic E-state index is 11.7. The molecule has 0 unspecified atom stereocenters. The monoisotopic (exact) mass is 237 g/mol. The summed E-state index contributed by atoms with van der Waals surface area (Å²) < 4.78 is 10.3. The van der Waals surface area contributed by atoms with Crippen molar-refractivity contribution < 1.29 is 14.3 Å². The molecular weight excluding hydrogens is 218 g/mol. The normalized spacial score (nSPS) is 10.2. The highest BCUT2D eigenvalue weighted by Crippen LogP contribution is 2.14. The quantitative estimate of drug-likeness (QED) is 0.468. The van der Waals surface area contributed by atoms with Crippen LogP contribution < -0.4 is 5.73 Å². The van der Waals surface area contributed by atoms with Crippen LogP contribution in [0.15, 0.2) is 18.2 Å². The summed E-state index contributed by atoms with van der Waals surface area (Å²) in [7, 11) is 0. The number of aryl methyl sites for hydroxylation is 1. The van der Waals surface area contributed by atoms with E-state index in [-0.39, 0.29) is 6.61 Å². The standard InChI is InChI=1S/C13H19NO3/c1-3-6-16-7-8-17-13(15)11-9-10(2)4-5-12(11)14/h4-5,9H,3,6-8,14H2,1-2H3. The second-order valence-electron chi connectivity index (χ2n) is 3.84. The fourth-order valence-electron chi connectivity index (χ4n) is 1.36. The minimum absolute atomic E-state index is 0.256. The van der Waals surface area contributed by atoms with E-state index >= 15 is 0 Å². The minimum Gasteiger partial charge on any atom is -0.460 e. The van der Waals surface area contributed by atoms with Crippen molar-refractivity contribution in [2.24, 2.45) is 0 Å². The van der Waals surface area contributed by atoms with Gasteiger partial charge in [0.25, 0.3) is 0 Å². The molecule has 4 heteroatoms. The van der Waals surface area contributed by atoms with Crippen molar-refractivity contribution in [3.8, 4) is 0 Å². The Labute approximate surface area is 102 Å². The molecule has 0 aliphatic heterocycles. The number of nitrogens with two attached hydrogens (primary N) is 1. The first kappa shape index (κ1) is 13.5. The van der Waals surface area contributed by atoms with E-state index in [0.717, 1.165) is 12.0 Å². The van der Waals surface area contributed by atoms with E-state index in [1.807, 2.05) is 19.9 Å². The van der Waals surface area contributed by atoms with Crippen LogP contribution in [-0.4, -0.2) is 25.8 Å². The number of hydrogen-bond donors (Lipinski definition) is 1. The molecule has 0 atom stereocenters. The van der Waals surface area contributed by atoms with E-state index in [1.165, 1.54) is 0 Å². The van der Waals surface area contributed by atoms with Crippen molar-refractivity contribution in [3.05, 3.63) is 29.3 Å². The lowest BCUT2D eigenvalue weighted by molar-refractivity contribution is 0.0319. The molecule has 94 valence electrons. The van der Waals surface area contributed by atoms with E-state index in [2.05, 4.69) is 0 Å². The van der Waals surface area contributed by atoms with Crippen LogP contribution in [-0.2, 0) is 9.47 Å². The molecule has 4 nitrogen and oxygen atoms in total. The van der Waals surface area contributed by atoms with Gasteiger partial charge in [-0.25, -0.2) is 4.79 Å². The van der Waals surface area contributed by atoms with Gasteiger partial charge in [-0.05, 0) is 25.5 Å². The highest BCUT2D eigenvalue weighted by Gasteiger charge is 2.10. The molecule has 0 saturated carbocycles. The number of hydrogen-bond acceptors (Lipinski definition) is 4. The van der Waals surface area contributed by atoms with Crippen LogP contribution in [0.3, 0.4) is 0 Å². The average Bonchev–Trinajstić information content (AvgIpc) is 2.32. The zero-order chi connectivity index (χ0) is 12.7. The molecule has 0 radical (unpaired) electrons. The van der Waals surface area contributed by atoms with Gasteiger partial charge in [0.2, 0.25) is 0 Å². The molecule has 1 aromatic rings. The van der Waals surface area contributed by atoms with Crippen LogP contribution >= 0.6 is 0 Å². The highest BCUT2D eigenvalue weighted by molar-refractivity contribution is 5.95. The van der Waals surface area contributed by atoms with E-state index in [4.69, 9.17) is 15.2 Å². The minimum atomic E-state index is -0.397. The van der Waals surface area contributed by atoms with Crippen LogP contribution in [0.4, 0.5) is 5.69 Å². The number of nitrogen functional groups attached to an aromatic ring is 1. The number of carbonyl (C=O) groups excluding carboxylic acids is 1. The maximum Gasteiger partial charge on any atom is 0.340 e. The fraction of sp³-hybridized carbons (Fsp3) is 0.462. The smallest absolute Gasteiger partial charge is 0.340 e. The maximum absolute atomic E-state index is 11.7. The fourth-order valence-corrected chi connectivity index (χ4v) is 1.36. The molecule has 2 N–H and O–H groups in total. The van der Waals surface area contributed by atoms with Gasteiger partial charge >= 0.3 is 5.97 Å². The van der Waals surface area contributed by atoms with Gasteiger partial charge in [0, 0.05) is 12.3 Å². The summed E-state index contributed by atoms with van der Waals surface area (Å²) in [5.74, 6) is -0.397. The molecule has 0 aromatic heterocycles. The van der Waals surface area contributed by atoms with Gasteiger partial charge in [0.05, 0.1) is 12.2 Å². The summed E-state index contributed by atoms with van der Waals surface area (Å²) in [5, 5.41) is 0. The third-order valence-corrected chi connectivity index (χ3v) is 2.24. The number of anilines is 1. The van der Waals surface area contributed by atoms with Crippen molar-refractivity contribution in [2.75, 3.05) is 25.6 Å². The topological polar surface area (TPSA) is 61.5 Å². The van der Waals surface area contributed by atoms with Crippen LogP contribution in [0, 0.1) is 6.92 Å². The molecule has 0 bridgehead atoms. The predicted molar refractivity (Wildman–Crippen MR) is 67.0 cm³/mol. The zero-order valence-electron chi connectivity index (χ0n) is 10.4. The first-order valence-corrected chi connectivity index (χ1v) is 5.76. The number of benzene rings is 1. The molecule has 0 amide bonds. The summed E-state index contributed by atoms with van der Waals surface area (Å²) in [6.07, 6.45) is 0.957. The zero-order valence-corrected chi connectivity index (χ0v) is 10.4. The Hall–Kier alpha value is -1.55. The van der Waals surface area contributed by atoms with Crippen LogP contribution in [0.25, 0.3) is 0 Å². The Morgan fingerprint density at radius 1 is 1.29 bits per heavy atom. The molecule has 0 spiro atoms. The molecule has 1 aromatic carbocycles. The molecule has 0 saturated heterocycles. The van der Waals surface area contributed by atoms with Gasteiger partial charge in [-0.2, -0.15) is 0 Å². The van der Waals surface area contributed by atoms with Crippen LogP contribution in [0.1, 0.15) is 29.3 Å².